The van der Waals surface area contributed by atoms with Gasteiger partial charge >= 0.3 is 0 Å². The zero-order valence-corrected chi connectivity index (χ0v) is 20.2. The van der Waals surface area contributed by atoms with Crippen molar-refractivity contribution in [2.24, 2.45) is 0 Å². The Balaban J connectivity index is 1.25. The summed E-state index contributed by atoms with van der Waals surface area (Å²) in [5.74, 6) is 7.71. The first-order valence-electron chi connectivity index (χ1n) is 12.4. The highest BCUT2D eigenvalue weighted by molar-refractivity contribution is 6.08. The number of hydrogen-bond donors (Lipinski definition) is 0. The zero-order chi connectivity index (χ0) is 24.1. The van der Waals surface area contributed by atoms with Crippen molar-refractivity contribution >= 4 is 17.5 Å². The molecule has 1 aromatic heterocycles. The molecule has 1 saturated heterocycles. The van der Waals surface area contributed by atoms with Crippen LogP contribution in [0.25, 0.3) is 0 Å². The number of carbonyl (C=O) groups excluding carboxylic acids is 1. The quantitative estimate of drug-likeness (QED) is 0.517. The highest BCUT2D eigenvalue weighted by Gasteiger charge is 2.48. The Morgan fingerprint density at radius 1 is 0.886 bits per heavy atom. The van der Waals surface area contributed by atoms with E-state index in [1.807, 2.05) is 41.3 Å². The number of aromatic nitrogens is 2. The van der Waals surface area contributed by atoms with Crippen molar-refractivity contribution < 1.29 is 4.79 Å². The Hall–Kier alpha value is -3.69. The van der Waals surface area contributed by atoms with Crippen LogP contribution >= 0.6 is 0 Å². The Kier molecular flexibility index (Phi) is 6.78. The monoisotopic (exact) mass is 465 g/mol. The summed E-state index contributed by atoms with van der Waals surface area (Å²) in [6.45, 7) is 7.05. The Morgan fingerprint density at radius 2 is 1.60 bits per heavy atom. The largest absolute Gasteiger partial charge is 0.338 e. The van der Waals surface area contributed by atoms with Gasteiger partial charge in [-0.2, -0.15) is 0 Å². The number of fused-ring (bicyclic) bond motifs is 1. The molecule has 6 nitrogen and oxygen atoms in total. The predicted octanol–water partition coefficient (Wildman–Crippen LogP) is 3.89. The van der Waals surface area contributed by atoms with Gasteiger partial charge in [-0.05, 0) is 29.7 Å². The predicted molar refractivity (Wildman–Crippen MR) is 139 cm³/mol. The molecule has 6 heteroatoms. The molecule has 0 radical (unpaired) electrons. The van der Waals surface area contributed by atoms with E-state index in [1.165, 1.54) is 0 Å². The molecule has 1 unspecified atom stereocenters. The summed E-state index contributed by atoms with van der Waals surface area (Å²) in [5.41, 5.74) is 2.67. The van der Waals surface area contributed by atoms with Crippen LogP contribution in [0.2, 0.25) is 0 Å². The van der Waals surface area contributed by atoms with Gasteiger partial charge in [-0.15, -0.1) is 5.92 Å². The number of amides is 1. The lowest BCUT2D eigenvalue weighted by Gasteiger charge is -2.33. The molecule has 0 aliphatic carbocycles. The average Bonchev–Trinajstić information content (AvgIpc) is 3.15. The standard InChI is InChI=1S/C29H31N5O/c1-2-29(15-8-9-18-32-19-21-33(22-20-32)28-30-16-10-17-31-28)25-13-6-7-14-26(25)34(27(29)35)23-24-11-4-3-5-12-24/h3-7,10-14,16-17H,2,15,18-23H2,1H3. The number of para-hydroxylation sites is 1. The van der Waals surface area contributed by atoms with Crippen molar-refractivity contribution in [3.05, 3.63) is 84.2 Å². The third-order valence-corrected chi connectivity index (χ3v) is 7.18. The molecule has 2 aliphatic heterocycles. The van der Waals surface area contributed by atoms with Crippen LogP contribution in [-0.2, 0) is 16.8 Å². The van der Waals surface area contributed by atoms with Crippen molar-refractivity contribution in [1.82, 2.24) is 14.9 Å². The van der Waals surface area contributed by atoms with E-state index >= 15 is 0 Å². The minimum Gasteiger partial charge on any atom is -0.338 e. The summed E-state index contributed by atoms with van der Waals surface area (Å²) < 4.78 is 0. The maximum atomic E-state index is 13.8. The first kappa shape index (κ1) is 23.1. The second-order valence-electron chi connectivity index (χ2n) is 9.17. The maximum absolute atomic E-state index is 13.8. The van der Waals surface area contributed by atoms with E-state index in [9.17, 15) is 4.79 Å². The number of hydrogen-bond acceptors (Lipinski definition) is 5. The fraction of sp³-hybridized carbons (Fsp3) is 0.345. The molecule has 3 heterocycles. The molecule has 1 fully saturated rings. The fourth-order valence-corrected chi connectivity index (χ4v) is 5.10. The van der Waals surface area contributed by atoms with E-state index in [1.54, 1.807) is 12.4 Å². The summed E-state index contributed by atoms with van der Waals surface area (Å²) in [6, 6.07) is 20.3. The van der Waals surface area contributed by atoms with Crippen molar-refractivity contribution in [3.8, 4) is 11.8 Å². The Bertz CT molecular complexity index is 1210. The van der Waals surface area contributed by atoms with Crippen LogP contribution in [0, 0.1) is 11.8 Å². The molecule has 0 N–H and O–H groups in total. The first-order valence-corrected chi connectivity index (χ1v) is 12.4. The smallest absolute Gasteiger partial charge is 0.239 e. The number of piperazine rings is 1. The van der Waals surface area contributed by atoms with Crippen molar-refractivity contribution in [3.63, 3.8) is 0 Å². The van der Waals surface area contributed by atoms with Crippen LogP contribution in [-0.4, -0.2) is 53.5 Å². The molecule has 3 aromatic rings. The molecule has 2 aliphatic rings. The summed E-state index contributed by atoms with van der Waals surface area (Å²) >= 11 is 0. The Morgan fingerprint density at radius 3 is 2.34 bits per heavy atom. The van der Waals surface area contributed by atoms with Gasteiger partial charge in [0, 0.05) is 50.7 Å². The minimum atomic E-state index is -0.582. The number of rotatable bonds is 6. The summed E-state index contributed by atoms with van der Waals surface area (Å²) in [7, 11) is 0. The lowest BCUT2D eigenvalue weighted by molar-refractivity contribution is -0.123. The molecule has 0 saturated carbocycles. The molecule has 35 heavy (non-hydrogen) atoms. The molecular formula is C29H31N5O. The molecular weight excluding hydrogens is 434 g/mol. The third-order valence-electron chi connectivity index (χ3n) is 7.18. The molecule has 1 amide bonds. The third kappa shape index (κ3) is 4.65. The number of carbonyl (C=O) groups is 1. The highest BCUT2D eigenvalue weighted by atomic mass is 16.2. The minimum absolute atomic E-state index is 0.163. The molecule has 0 spiro atoms. The molecule has 178 valence electrons. The lowest BCUT2D eigenvalue weighted by Crippen LogP contribution is -2.47. The maximum Gasteiger partial charge on any atom is 0.239 e. The van der Waals surface area contributed by atoms with Crippen LogP contribution in [0.5, 0.6) is 0 Å². The van der Waals surface area contributed by atoms with E-state index in [0.29, 0.717) is 19.5 Å². The van der Waals surface area contributed by atoms with Gasteiger partial charge in [-0.1, -0.05) is 61.4 Å². The second-order valence-corrected chi connectivity index (χ2v) is 9.17. The molecule has 2 aromatic carbocycles. The topological polar surface area (TPSA) is 52.6 Å². The fourth-order valence-electron chi connectivity index (χ4n) is 5.10. The number of anilines is 2. The summed E-state index contributed by atoms with van der Waals surface area (Å²) in [5, 5.41) is 0. The van der Waals surface area contributed by atoms with E-state index in [0.717, 1.165) is 55.4 Å². The van der Waals surface area contributed by atoms with Crippen molar-refractivity contribution in [2.45, 2.75) is 31.7 Å². The number of nitrogens with zero attached hydrogens (tertiary/aromatic N) is 5. The first-order chi connectivity index (χ1) is 17.2. The highest BCUT2D eigenvalue weighted by Crippen LogP contribution is 2.46. The molecule has 0 bridgehead atoms. The molecule has 5 rings (SSSR count). The van der Waals surface area contributed by atoms with Gasteiger partial charge in [0.1, 0.15) is 0 Å². The van der Waals surface area contributed by atoms with Gasteiger partial charge < -0.3 is 9.80 Å². The van der Waals surface area contributed by atoms with E-state index in [-0.39, 0.29) is 5.91 Å². The summed E-state index contributed by atoms with van der Waals surface area (Å²) in [4.78, 5) is 29.0. The Labute approximate surface area is 207 Å². The normalized spacial score (nSPS) is 19.9. The van der Waals surface area contributed by atoms with Crippen molar-refractivity contribution in [2.75, 3.05) is 42.5 Å². The number of benzene rings is 2. The van der Waals surface area contributed by atoms with Gasteiger partial charge in [0.15, 0.2) is 0 Å². The van der Waals surface area contributed by atoms with E-state index in [4.69, 9.17) is 0 Å². The molecule has 1 atom stereocenters. The second kappa shape index (κ2) is 10.3. The van der Waals surface area contributed by atoms with Gasteiger partial charge in [0.05, 0.1) is 18.5 Å². The van der Waals surface area contributed by atoms with Crippen LogP contribution < -0.4 is 9.80 Å². The zero-order valence-electron chi connectivity index (χ0n) is 20.2. The van der Waals surface area contributed by atoms with Crippen molar-refractivity contribution in [1.29, 1.82) is 0 Å². The van der Waals surface area contributed by atoms with Gasteiger partial charge in [-0.25, -0.2) is 9.97 Å². The van der Waals surface area contributed by atoms with E-state index < -0.39 is 5.41 Å². The van der Waals surface area contributed by atoms with Gasteiger partial charge in [0.2, 0.25) is 11.9 Å². The summed E-state index contributed by atoms with van der Waals surface area (Å²) in [6.07, 6.45) is 4.85. The van der Waals surface area contributed by atoms with Crippen LogP contribution in [0.1, 0.15) is 30.9 Å². The van der Waals surface area contributed by atoms with Gasteiger partial charge in [0.25, 0.3) is 0 Å². The van der Waals surface area contributed by atoms with E-state index in [2.05, 4.69) is 62.8 Å². The average molecular weight is 466 g/mol. The van der Waals surface area contributed by atoms with Crippen LogP contribution in [0.3, 0.4) is 0 Å². The van der Waals surface area contributed by atoms with Gasteiger partial charge in [-0.3, -0.25) is 9.69 Å². The van der Waals surface area contributed by atoms with Crippen LogP contribution in [0.15, 0.2) is 73.1 Å². The SMILES string of the molecule is CCC1(CC#CCN2CCN(c3ncccn3)CC2)C(=O)N(Cc2ccccc2)c2ccccc21. The van der Waals surface area contributed by atoms with Crippen LogP contribution in [0.4, 0.5) is 11.6 Å². The lowest BCUT2D eigenvalue weighted by atomic mass is 9.76.